The molecule has 0 saturated heterocycles. The molecule has 0 rings (SSSR count). The van der Waals surface area contributed by atoms with E-state index in [0.717, 1.165) is 0 Å². The molecule has 0 aliphatic rings. The Morgan fingerprint density at radius 3 is 2.60 bits per heavy atom. The summed E-state index contributed by atoms with van der Waals surface area (Å²) < 4.78 is 0. The maximum atomic E-state index is 10.8. The lowest BCUT2D eigenvalue weighted by atomic mass is 10.5. The van der Waals surface area contributed by atoms with Crippen molar-refractivity contribution in [3.05, 3.63) is 0 Å². The van der Waals surface area contributed by atoms with Crippen LogP contribution in [0.25, 0.3) is 0 Å². The Kier molecular flexibility index (Phi) is 4.28. The summed E-state index contributed by atoms with van der Waals surface area (Å²) in [6.07, 6.45) is 0.707. The molecule has 0 spiro atoms. The largest absolute Gasteiger partial charge is 0.341 e. The standard InChI is InChI=1S/C6H12N2O2/c1-3-8(4-5-9)6(10)7-2/h5H,3-4H2,1-2H3,(H,7,10). The molecular weight excluding hydrogens is 132 g/mol. The minimum absolute atomic E-state index is 0.163. The molecule has 0 aliphatic heterocycles. The van der Waals surface area contributed by atoms with E-state index in [4.69, 9.17) is 0 Å². The van der Waals surface area contributed by atoms with E-state index in [-0.39, 0.29) is 12.6 Å². The second-order valence-electron chi connectivity index (χ2n) is 1.76. The van der Waals surface area contributed by atoms with Crippen LogP contribution in [0.1, 0.15) is 6.92 Å². The first-order valence-electron chi connectivity index (χ1n) is 3.16. The molecule has 4 nitrogen and oxygen atoms in total. The molecule has 0 atom stereocenters. The van der Waals surface area contributed by atoms with Crippen molar-refractivity contribution in [2.75, 3.05) is 20.1 Å². The summed E-state index contributed by atoms with van der Waals surface area (Å²) >= 11 is 0. The molecule has 1 N–H and O–H groups in total. The Hall–Kier alpha value is -1.06. The molecule has 0 unspecified atom stereocenters. The molecule has 2 amide bonds. The second-order valence-corrected chi connectivity index (χ2v) is 1.76. The van der Waals surface area contributed by atoms with Gasteiger partial charge in [-0.05, 0) is 6.92 Å². The molecule has 10 heavy (non-hydrogen) atoms. The van der Waals surface area contributed by atoms with E-state index < -0.39 is 0 Å². The number of carbonyl (C=O) groups is 2. The monoisotopic (exact) mass is 144 g/mol. The van der Waals surface area contributed by atoms with Crippen LogP contribution in [0.2, 0.25) is 0 Å². The third kappa shape index (κ3) is 2.48. The van der Waals surface area contributed by atoms with Gasteiger partial charge in [-0.1, -0.05) is 0 Å². The maximum Gasteiger partial charge on any atom is 0.317 e. The molecule has 0 bridgehead atoms. The van der Waals surface area contributed by atoms with Crippen LogP contribution in [-0.4, -0.2) is 37.4 Å². The molecule has 0 saturated carbocycles. The number of amides is 2. The summed E-state index contributed by atoms with van der Waals surface area (Å²) in [5, 5.41) is 2.43. The van der Waals surface area contributed by atoms with E-state index in [1.54, 1.807) is 0 Å². The number of nitrogens with one attached hydrogen (secondary N) is 1. The first kappa shape index (κ1) is 8.94. The Bertz CT molecular complexity index is 125. The van der Waals surface area contributed by atoms with Gasteiger partial charge in [-0.15, -0.1) is 0 Å². The second kappa shape index (κ2) is 4.78. The zero-order chi connectivity index (χ0) is 7.98. The van der Waals surface area contributed by atoms with Crippen molar-refractivity contribution in [3.8, 4) is 0 Å². The number of hydrogen-bond acceptors (Lipinski definition) is 2. The van der Waals surface area contributed by atoms with Gasteiger partial charge in [-0.3, -0.25) is 0 Å². The zero-order valence-electron chi connectivity index (χ0n) is 6.26. The van der Waals surface area contributed by atoms with Crippen LogP contribution >= 0.6 is 0 Å². The number of nitrogens with zero attached hydrogens (tertiary/aromatic N) is 1. The summed E-state index contributed by atoms with van der Waals surface area (Å²) in [4.78, 5) is 22.2. The van der Waals surface area contributed by atoms with Crippen molar-refractivity contribution in [1.82, 2.24) is 10.2 Å². The number of carbonyl (C=O) groups excluding carboxylic acids is 2. The van der Waals surface area contributed by atoms with E-state index in [9.17, 15) is 9.59 Å². The van der Waals surface area contributed by atoms with Crippen LogP contribution in [0.3, 0.4) is 0 Å². The number of aldehydes is 1. The molecule has 4 heteroatoms. The minimum atomic E-state index is -0.213. The van der Waals surface area contributed by atoms with Gasteiger partial charge < -0.3 is 15.0 Å². The van der Waals surface area contributed by atoms with Crippen molar-refractivity contribution in [3.63, 3.8) is 0 Å². The molecular formula is C6H12N2O2. The molecule has 0 fully saturated rings. The molecule has 0 aromatic carbocycles. The van der Waals surface area contributed by atoms with Crippen molar-refractivity contribution in [2.24, 2.45) is 0 Å². The SMILES string of the molecule is CCN(CC=O)C(=O)NC. The summed E-state index contributed by atoms with van der Waals surface area (Å²) in [6.45, 7) is 2.54. The Labute approximate surface area is 60.2 Å². The fourth-order valence-electron chi connectivity index (χ4n) is 0.604. The van der Waals surface area contributed by atoms with Crippen molar-refractivity contribution >= 4 is 12.3 Å². The average Bonchev–Trinajstić information content (AvgIpc) is 1.99. The number of rotatable bonds is 3. The normalized spacial score (nSPS) is 8.60. The van der Waals surface area contributed by atoms with Gasteiger partial charge in [0.1, 0.15) is 6.29 Å². The van der Waals surface area contributed by atoms with Crippen LogP contribution < -0.4 is 5.32 Å². The van der Waals surface area contributed by atoms with Gasteiger partial charge in [0.25, 0.3) is 0 Å². The first-order valence-corrected chi connectivity index (χ1v) is 3.16. The lowest BCUT2D eigenvalue weighted by molar-refractivity contribution is -0.108. The number of hydrogen-bond donors (Lipinski definition) is 1. The van der Waals surface area contributed by atoms with Crippen molar-refractivity contribution in [1.29, 1.82) is 0 Å². The van der Waals surface area contributed by atoms with Gasteiger partial charge in [-0.25, -0.2) is 4.79 Å². The third-order valence-corrected chi connectivity index (χ3v) is 1.18. The molecule has 0 aliphatic carbocycles. The van der Waals surface area contributed by atoms with Crippen LogP contribution in [-0.2, 0) is 4.79 Å². The van der Waals surface area contributed by atoms with Crippen LogP contribution in [0.15, 0.2) is 0 Å². The molecule has 0 aromatic rings. The van der Waals surface area contributed by atoms with E-state index >= 15 is 0 Å². The van der Waals surface area contributed by atoms with Gasteiger partial charge in [0.15, 0.2) is 0 Å². The number of likely N-dealkylation sites (N-methyl/N-ethyl adjacent to an activating group) is 1. The Morgan fingerprint density at radius 2 is 2.30 bits per heavy atom. The van der Waals surface area contributed by atoms with Crippen LogP contribution in [0, 0.1) is 0 Å². The van der Waals surface area contributed by atoms with Gasteiger partial charge >= 0.3 is 6.03 Å². The topological polar surface area (TPSA) is 49.4 Å². The van der Waals surface area contributed by atoms with E-state index in [2.05, 4.69) is 5.32 Å². The quantitative estimate of drug-likeness (QED) is 0.560. The predicted molar refractivity (Wildman–Crippen MR) is 37.8 cm³/mol. The van der Waals surface area contributed by atoms with Crippen LogP contribution in [0.5, 0.6) is 0 Å². The predicted octanol–water partition coefficient (Wildman–Crippen LogP) is -0.153. The maximum absolute atomic E-state index is 10.8. The van der Waals surface area contributed by atoms with E-state index in [1.807, 2.05) is 6.92 Å². The highest BCUT2D eigenvalue weighted by molar-refractivity contribution is 5.76. The summed E-state index contributed by atoms with van der Waals surface area (Å²) in [5.74, 6) is 0. The Balaban J connectivity index is 3.79. The Morgan fingerprint density at radius 1 is 1.70 bits per heavy atom. The molecule has 58 valence electrons. The van der Waals surface area contributed by atoms with Gasteiger partial charge in [0.05, 0.1) is 6.54 Å². The highest BCUT2D eigenvalue weighted by Gasteiger charge is 2.06. The minimum Gasteiger partial charge on any atom is -0.341 e. The number of urea groups is 1. The average molecular weight is 144 g/mol. The lowest BCUT2D eigenvalue weighted by Gasteiger charge is -2.16. The smallest absolute Gasteiger partial charge is 0.317 e. The summed E-state index contributed by atoms with van der Waals surface area (Å²) in [6, 6.07) is -0.213. The fraction of sp³-hybridized carbons (Fsp3) is 0.667. The molecule has 0 aromatic heterocycles. The van der Waals surface area contributed by atoms with Crippen LogP contribution in [0.4, 0.5) is 4.79 Å². The zero-order valence-corrected chi connectivity index (χ0v) is 6.26. The molecule has 0 heterocycles. The van der Waals surface area contributed by atoms with Crippen molar-refractivity contribution in [2.45, 2.75) is 6.92 Å². The third-order valence-electron chi connectivity index (χ3n) is 1.18. The van der Waals surface area contributed by atoms with Crippen molar-refractivity contribution < 1.29 is 9.59 Å². The fourth-order valence-corrected chi connectivity index (χ4v) is 0.604. The van der Waals surface area contributed by atoms with Gasteiger partial charge in [0, 0.05) is 13.6 Å². The van der Waals surface area contributed by atoms with Gasteiger partial charge in [0.2, 0.25) is 0 Å². The highest BCUT2D eigenvalue weighted by atomic mass is 16.2. The summed E-state index contributed by atoms with van der Waals surface area (Å²) in [7, 11) is 1.54. The van der Waals surface area contributed by atoms with E-state index in [1.165, 1.54) is 11.9 Å². The summed E-state index contributed by atoms with van der Waals surface area (Å²) in [5.41, 5.74) is 0. The first-order chi connectivity index (χ1) is 4.76. The van der Waals surface area contributed by atoms with E-state index in [0.29, 0.717) is 12.8 Å². The lowest BCUT2D eigenvalue weighted by Crippen LogP contribution is -2.38. The molecule has 0 radical (unpaired) electrons. The highest BCUT2D eigenvalue weighted by Crippen LogP contribution is 1.84. The van der Waals surface area contributed by atoms with Gasteiger partial charge in [-0.2, -0.15) is 0 Å².